The molecule has 0 spiro atoms. The minimum atomic E-state index is 0.206. The van der Waals surface area contributed by atoms with Gasteiger partial charge in [-0.05, 0) is 64.4 Å². The second kappa shape index (κ2) is 7.81. The maximum atomic E-state index is 10.1. The topological polar surface area (TPSA) is 35.5 Å². The van der Waals surface area contributed by atoms with Crippen LogP contribution in [0.4, 0.5) is 0 Å². The van der Waals surface area contributed by atoms with Crippen LogP contribution in [0, 0.1) is 6.92 Å². The summed E-state index contributed by atoms with van der Waals surface area (Å²) in [6.45, 7) is 10.1. The van der Waals surface area contributed by atoms with Crippen LogP contribution in [-0.4, -0.2) is 35.7 Å². The van der Waals surface area contributed by atoms with Crippen molar-refractivity contribution in [3.63, 3.8) is 0 Å². The molecule has 1 fully saturated rings. The van der Waals surface area contributed by atoms with Crippen molar-refractivity contribution in [1.29, 1.82) is 0 Å². The third-order valence-corrected chi connectivity index (χ3v) is 4.55. The normalized spacial score (nSPS) is 18.8. The molecule has 2 N–H and O–H groups in total. The number of aromatic hydroxyl groups is 1. The van der Waals surface area contributed by atoms with E-state index in [1.54, 1.807) is 0 Å². The molecule has 0 saturated carbocycles. The smallest absolute Gasteiger partial charge is 0.120 e. The summed E-state index contributed by atoms with van der Waals surface area (Å²) in [6.07, 6.45) is 5.01. The van der Waals surface area contributed by atoms with Crippen molar-refractivity contribution in [1.82, 2.24) is 10.2 Å². The van der Waals surface area contributed by atoms with Crippen molar-refractivity contribution in [2.45, 2.75) is 58.5 Å². The minimum Gasteiger partial charge on any atom is -0.508 e. The highest BCUT2D eigenvalue weighted by molar-refractivity contribution is 5.37. The van der Waals surface area contributed by atoms with Gasteiger partial charge in [-0.1, -0.05) is 25.5 Å². The second-order valence-corrected chi connectivity index (χ2v) is 6.42. The molecule has 1 unspecified atom stereocenters. The molecule has 1 aromatic carbocycles. The molecule has 1 heterocycles. The molecule has 1 aliphatic heterocycles. The van der Waals surface area contributed by atoms with Gasteiger partial charge in [0.15, 0.2) is 0 Å². The molecule has 3 heteroatoms. The first kappa shape index (κ1) is 16.3. The second-order valence-electron chi connectivity index (χ2n) is 6.42. The molecule has 0 amide bonds. The zero-order chi connectivity index (χ0) is 15.2. The number of phenolic OH excluding ortho intramolecular Hbond substituents is 1. The molecule has 0 aliphatic carbocycles. The number of phenols is 1. The molecule has 21 heavy (non-hydrogen) atoms. The number of nitrogens with one attached hydrogen (secondary N) is 1. The van der Waals surface area contributed by atoms with Gasteiger partial charge in [-0.25, -0.2) is 0 Å². The van der Waals surface area contributed by atoms with Crippen molar-refractivity contribution in [2.24, 2.45) is 0 Å². The lowest BCUT2D eigenvalue weighted by Gasteiger charge is -2.34. The standard InChI is InChI=1S/C18H30N2O/c1-4-5-10-20-11-8-16(9-12-20)19-15(3)17-7-6-14(2)13-18(17)21/h6-7,13,15-16,19,21H,4-5,8-12H2,1-3H3. The fourth-order valence-corrected chi connectivity index (χ4v) is 3.17. The molecule has 1 aromatic rings. The number of benzene rings is 1. The largest absolute Gasteiger partial charge is 0.508 e. The van der Waals surface area contributed by atoms with Gasteiger partial charge in [0.05, 0.1) is 0 Å². The zero-order valence-corrected chi connectivity index (χ0v) is 13.7. The Balaban J connectivity index is 1.82. The summed E-state index contributed by atoms with van der Waals surface area (Å²) < 4.78 is 0. The molecular weight excluding hydrogens is 260 g/mol. The molecule has 1 saturated heterocycles. The monoisotopic (exact) mass is 290 g/mol. The van der Waals surface area contributed by atoms with Crippen molar-refractivity contribution in [2.75, 3.05) is 19.6 Å². The lowest BCUT2D eigenvalue weighted by Crippen LogP contribution is -2.43. The minimum absolute atomic E-state index is 0.206. The van der Waals surface area contributed by atoms with E-state index in [-0.39, 0.29) is 6.04 Å². The van der Waals surface area contributed by atoms with Crippen LogP contribution in [0.3, 0.4) is 0 Å². The first-order valence-corrected chi connectivity index (χ1v) is 8.38. The number of rotatable bonds is 6. The number of likely N-dealkylation sites (tertiary alicyclic amines) is 1. The van der Waals surface area contributed by atoms with Gasteiger partial charge in [-0.2, -0.15) is 0 Å². The first-order chi connectivity index (χ1) is 10.1. The van der Waals surface area contributed by atoms with Gasteiger partial charge in [0.1, 0.15) is 5.75 Å². The Kier molecular flexibility index (Phi) is 6.07. The summed E-state index contributed by atoms with van der Waals surface area (Å²) in [5.41, 5.74) is 2.11. The van der Waals surface area contributed by atoms with Crippen LogP contribution in [0.15, 0.2) is 18.2 Å². The number of hydrogen-bond acceptors (Lipinski definition) is 3. The molecule has 3 nitrogen and oxygen atoms in total. The van der Waals surface area contributed by atoms with Gasteiger partial charge in [0.2, 0.25) is 0 Å². The zero-order valence-electron chi connectivity index (χ0n) is 13.7. The molecule has 118 valence electrons. The van der Waals surface area contributed by atoms with E-state index < -0.39 is 0 Å². The van der Waals surface area contributed by atoms with Crippen molar-refractivity contribution < 1.29 is 5.11 Å². The predicted octanol–water partition coefficient (Wildman–Crippen LogP) is 3.62. The summed E-state index contributed by atoms with van der Waals surface area (Å²) >= 11 is 0. The van der Waals surface area contributed by atoms with Gasteiger partial charge in [-0.3, -0.25) is 0 Å². The Morgan fingerprint density at radius 3 is 2.67 bits per heavy atom. The Bertz CT molecular complexity index is 439. The van der Waals surface area contributed by atoms with Crippen LogP contribution in [-0.2, 0) is 0 Å². The highest BCUT2D eigenvalue weighted by Crippen LogP contribution is 2.26. The van der Waals surface area contributed by atoms with Crippen molar-refractivity contribution in [3.05, 3.63) is 29.3 Å². The van der Waals surface area contributed by atoms with E-state index in [9.17, 15) is 5.11 Å². The third-order valence-electron chi connectivity index (χ3n) is 4.55. The van der Waals surface area contributed by atoms with Gasteiger partial charge in [0, 0.05) is 17.6 Å². The molecule has 1 aliphatic rings. The average molecular weight is 290 g/mol. The summed E-state index contributed by atoms with van der Waals surface area (Å²) in [5.74, 6) is 0.412. The van der Waals surface area contributed by atoms with Crippen LogP contribution >= 0.6 is 0 Å². The summed E-state index contributed by atoms with van der Waals surface area (Å²) in [7, 11) is 0. The van der Waals surface area contributed by atoms with Gasteiger partial charge >= 0.3 is 0 Å². The maximum absolute atomic E-state index is 10.1. The van der Waals surface area contributed by atoms with Gasteiger partial charge in [0.25, 0.3) is 0 Å². The van der Waals surface area contributed by atoms with Gasteiger partial charge < -0.3 is 15.3 Å². The predicted molar refractivity (Wildman–Crippen MR) is 88.8 cm³/mol. The lowest BCUT2D eigenvalue weighted by atomic mass is 10.00. The van der Waals surface area contributed by atoms with E-state index in [0.29, 0.717) is 11.8 Å². The summed E-state index contributed by atoms with van der Waals surface area (Å²) in [6, 6.07) is 6.73. The highest BCUT2D eigenvalue weighted by Gasteiger charge is 2.21. The summed E-state index contributed by atoms with van der Waals surface area (Å²) in [5, 5.41) is 13.8. The number of piperidine rings is 1. The van der Waals surface area contributed by atoms with E-state index in [2.05, 4.69) is 30.1 Å². The highest BCUT2D eigenvalue weighted by atomic mass is 16.3. The number of hydrogen-bond donors (Lipinski definition) is 2. The van der Waals surface area contributed by atoms with E-state index in [1.165, 1.54) is 45.3 Å². The van der Waals surface area contributed by atoms with Crippen molar-refractivity contribution >= 4 is 0 Å². The van der Waals surface area contributed by atoms with E-state index in [1.807, 2.05) is 19.1 Å². The van der Waals surface area contributed by atoms with Crippen molar-refractivity contribution in [3.8, 4) is 5.75 Å². The van der Waals surface area contributed by atoms with Crippen LogP contribution in [0.5, 0.6) is 5.75 Å². The molecule has 1 atom stereocenters. The Morgan fingerprint density at radius 1 is 1.33 bits per heavy atom. The molecule has 0 radical (unpaired) electrons. The Hall–Kier alpha value is -1.06. The van der Waals surface area contributed by atoms with Gasteiger partial charge in [-0.15, -0.1) is 0 Å². The van der Waals surface area contributed by atoms with E-state index in [4.69, 9.17) is 0 Å². The van der Waals surface area contributed by atoms with Crippen LogP contribution in [0.25, 0.3) is 0 Å². The fourth-order valence-electron chi connectivity index (χ4n) is 3.17. The quantitative estimate of drug-likeness (QED) is 0.840. The fraction of sp³-hybridized carbons (Fsp3) is 0.667. The van der Waals surface area contributed by atoms with Crippen LogP contribution in [0.2, 0.25) is 0 Å². The number of nitrogens with zero attached hydrogens (tertiary/aromatic N) is 1. The van der Waals surface area contributed by atoms with Crippen LogP contribution < -0.4 is 5.32 Å². The maximum Gasteiger partial charge on any atom is 0.120 e. The molecule has 0 aromatic heterocycles. The average Bonchev–Trinajstić information content (AvgIpc) is 2.46. The van der Waals surface area contributed by atoms with E-state index in [0.717, 1.165) is 11.1 Å². The first-order valence-electron chi connectivity index (χ1n) is 8.38. The van der Waals surface area contributed by atoms with E-state index >= 15 is 0 Å². The lowest BCUT2D eigenvalue weighted by molar-refractivity contribution is 0.190. The molecule has 0 bridgehead atoms. The Labute approximate surface area is 129 Å². The summed E-state index contributed by atoms with van der Waals surface area (Å²) in [4.78, 5) is 2.58. The number of aryl methyl sites for hydroxylation is 1. The van der Waals surface area contributed by atoms with Crippen LogP contribution in [0.1, 0.15) is 56.7 Å². The SMILES string of the molecule is CCCCN1CCC(NC(C)c2ccc(C)cc2O)CC1. The Morgan fingerprint density at radius 2 is 2.05 bits per heavy atom. The number of unbranched alkanes of at least 4 members (excludes halogenated alkanes) is 1. The molecule has 2 rings (SSSR count). The third kappa shape index (κ3) is 4.72. The molecular formula is C18H30N2O.